The molecular formula is C108H66N12O24. The maximum Gasteiger partial charge on any atom is 0.266 e. The number of imide groups is 12. The molecule has 0 N–H and O–H groups in total. The Labute approximate surface area is 808 Å². The van der Waals surface area contributed by atoms with E-state index in [0.717, 1.165) is 175 Å². The van der Waals surface area contributed by atoms with Gasteiger partial charge in [-0.3, -0.25) is 144 Å². The van der Waals surface area contributed by atoms with Crippen molar-refractivity contribution in [2.45, 2.75) is 119 Å². The maximum atomic E-state index is 18.1. The lowest BCUT2D eigenvalue weighted by Gasteiger charge is -2.44. The van der Waals surface area contributed by atoms with Crippen molar-refractivity contribution in [3.8, 4) is 0 Å². The van der Waals surface area contributed by atoms with Crippen LogP contribution in [0, 0.1) is 0 Å². The van der Waals surface area contributed by atoms with Gasteiger partial charge >= 0.3 is 0 Å². The van der Waals surface area contributed by atoms with Crippen LogP contribution in [0.25, 0.3) is 64.6 Å². The quantitative estimate of drug-likeness (QED) is 0.103. The molecular weight excluding hydrogens is 1850 g/mol. The topological polar surface area (TPSA) is 449 Å². The molecule has 25 rings (SSSR count). The van der Waals surface area contributed by atoms with Gasteiger partial charge < -0.3 is 0 Å². The van der Waals surface area contributed by atoms with Gasteiger partial charge in [0.1, 0.15) is 34.1 Å². The molecule has 36 heteroatoms. The van der Waals surface area contributed by atoms with Crippen molar-refractivity contribution in [2.24, 2.45) is 0 Å². The molecule has 0 aromatic heterocycles. The van der Waals surface area contributed by atoms with Gasteiger partial charge in [0.15, 0.2) is 0 Å². The second-order valence-electron chi connectivity index (χ2n) is 38.6. The molecule has 702 valence electrons. The molecule has 0 saturated carbocycles. The molecule has 13 aromatic rings. The average Bonchev–Trinajstić information content (AvgIpc) is 0.665. The Kier molecular flexibility index (Phi) is 17.1. The number of carbonyl (C=O) groups is 24. The van der Waals surface area contributed by atoms with Gasteiger partial charge in [0, 0.05) is 234 Å². The summed E-state index contributed by atoms with van der Waals surface area (Å²) in [6, 6.07) is 20.1. The van der Waals surface area contributed by atoms with Crippen molar-refractivity contribution in [3.05, 3.63) is 279 Å². The summed E-state index contributed by atoms with van der Waals surface area (Å²) in [5, 5.41) is -4.94. The van der Waals surface area contributed by atoms with E-state index < -0.39 is 311 Å². The van der Waals surface area contributed by atoms with Crippen LogP contribution in [-0.2, 0) is 0 Å². The normalized spacial score (nSPS) is 17.3. The van der Waals surface area contributed by atoms with Crippen LogP contribution in [0.5, 0.6) is 0 Å². The van der Waals surface area contributed by atoms with Crippen molar-refractivity contribution >= 4 is 241 Å². The zero-order valence-electron chi connectivity index (χ0n) is 77.5. The minimum atomic E-state index is -1.77. The Balaban J connectivity index is 0.900. The summed E-state index contributed by atoms with van der Waals surface area (Å²) >= 11 is 0. The summed E-state index contributed by atoms with van der Waals surface area (Å²) in [5.41, 5.74) is -22.4. The fourth-order valence-corrected chi connectivity index (χ4v) is 23.3. The molecule has 0 fully saturated rings. The van der Waals surface area contributed by atoms with Gasteiger partial charge in [-0.2, -0.15) is 0 Å². The van der Waals surface area contributed by atoms with Gasteiger partial charge in [0.2, 0.25) is 0 Å². The van der Waals surface area contributed by atoms with E-state index >= 15 is 115 Å². The highest BCUT2D eigenvalue weighted by molar-refractivity contribution is 6.54. The Bertz CT molecular complexity index is 7340. The first kappa shape index (κ1) is 86.7. The van der Waals surface area contributed by atoms with Gasteiger partial charge in [-0.25, -0.2) is 29.4 Å². The van der Waals surface area contributed by atoms with Gasteiger partial charge in [0.25, 0.3) is 142 Å². The maximum absolute atomic E-state index is 18.1. The molecule has 144 heavy (non-hydrogen) atoms. The first-order valence-electron chi connectivity index (χ1n) is 46.0. The van der Waals surface area contributed by atoms with Crippen LogP contribution in [0.3, 0.4) is 0 Å². The molecule has 36 nitrogen and oxygen atoms in total. The molecule has 12 aliphatic rings. The molecule has 0 aliphatic carbocycles. The van der Waals surface area contributed by atoms with Crippen molar-refractivity contribution in [1.82, 2.24) is 29.4 Å². The first-order valence-corrected chi connectivity index (χ1v) is 46.0. The standard InChI is InChI=1S/C108H66N12O24/c1-37(2)109-85(121)43-13-25-55-73-56(26-14-44(67(43)73)86(109)122)98(134)115(97(55)133)79-80(116-99(135)57-27-15-45-68-46(16-28-58(74(57)68)100(116)136)88(124)110(38(3)4)87(45)123)82(118-103(139)61-31-19-49-70-50(20-32-62(76(61)70)104(118)140)92(128)112(40(7)8)91(49)127)84(120-107(143)65-35-23-53-72-54(24-36-66(78(65)72)108(120)144)96(132)114(42(11)12)95(53)131)83(119-105(141)63-33-21-51-71-52(22-34-64(77(63)71)106(119)142)94(130)113(41(9)10)93(51)129)81(79)117-101(137)59-29-17-47-69-48(18-30-60(75(59)69)102(117)138)90(126)111(39(5)6)89(47)125/h13-42H,1-12H3. The minimum absolute atomic E-state index is 0.0906. The Morgan fingerprint density at radius 2 is 0.174 bits per heavy atom. The second-order valence-corrected chi connectivity index (χ2v) is 38.6. The molecule has 0 radical (unpaired) electrons. The number of amides is 24. The van der Waals surface area contributed by atoms with Gasteiger partial charge in [-0.1, -0.05) is 0 Å². The Hall–Kier alpha value is -18.9. The van der Waals surface area contributed by atoms with E-state index in [1.165, 1.54) is 83.1 Å². The molecule has 12 heterocycles. The fraction of sp³-hybridized carbons (Fsp3) is 0.167. The highest BCUT2D eigenvalue weighted by atomic mass is 16.2. The predicted molar refractivity (Wildman–Crippen MR) is 511 cm³/mol. The van der Waals surface area contributed by atoms with Crippen LogP contribution in [-0.4, -0.2) is 207 Å². The van der Waals surface area contributed by atoms with E-state index in [1.807, 2.05) is 0 Å². The molecule has 13 aromatic carbocycles. The number of carbonyl (C=O) groups excluding carboxylic acids is 24. The third kappa shape index (κ3) is 10.2. The van der Waals surface area contributed by atoms with Crippen LogP contribution in [0.15, 0.2) is 146 Å². The highest BCUT2D eigenvalue weighted by Crippen LogP contribution is 2.65. The Morgan fingerprint density at radius 3 is 0.236 bits per heavy atom. The summed E-state index contributed by atoms with van der Waals surface area (Å²) in [7, 11) is 0. The van der Waals surface area contributed by atoms with Crippen molar-refractivity contribution < 1.29 is 115 Å². The van der Waals surface area contributed by atoms with Crippen LogP contribution in [0.1, 0.15) is 332 Å². The number of benzene rings is 13. The number of anilines is 6. The molecule has 0 bridgehead atoms. The monoisotopic (exact) mass is 1910 g/mol. The minimum Gasteiger partial charge on any atom is -0.272 e. The highest BCUT2D eigenvalue weighted by Gasteiger charge is 2.59. The summed E-state index contributed by atoms with van der Waals surface area (Å²) in [6.07, 6.45) is 0. The number of hydrogen-bond donors (Lipinski definition) is 0. The number of rotatable bonds is 12. The van der Waals surface area contributed by atoms with E-state index in [-0.39, 0.29) is 128 Å². The van der Waals surface area contributed by atoms with E-state index in [2.05, 4.69) is 0 Å². The van der Waals surface area contributed by atoms with Crippen LogP contribution in [0.2, 0.25) is 0 Å². The van der Waals surface area contributed by atoms with E-state index in [9.17, 15) is 0 Å². The van der Waals surface area contributed by atoms with Gasteiger partial charge in [0.05, 0.1) is 0 Å². The van der Waals surface area contributed by atoms with Crippen molar-refractivity contribution in [1.29, 1.82) is 0 Å². The summed E-state index contributed by atoms with van der Waals surface area (Å²) in [6.45, 7) is 18.4. The van der Waals surface area contributed by atoms with Crippen molar-refractivity contribution in [2.75, 3.05) is 29.4 Å². The third-order valence-corrected chi connectivity index (χ3v) is 29.3. The van der Waals surface area contributed by atoms with E-state index in [4.69, 9.17) is 0 Å². The van der Waals surface area contributed by atoms with Crippen LogP contribution < -0.4 is 29.4 Å². The van der Waals surface area contributed by atoms with Gasteiger partial charge in [-0.15, -0.1) is 0 Å². The van der Waals surface area contributed by atoms with Gasteiger partial charge in [-0.05, 0) is 229 Å². The number of nitrogens with zero attached hydrogens (tertiary/aromatic N) is 12. The Morgan fingerprint density at radius 1 is 0.111 bits per heavy atom. The molecule has 0 spiro atoms. The lowest BCUT2D eigenvalue weighted by Crippen LogP contribution is -2.52. The van der Waals surface area contributed by atoms with Crippen LogP contribution >= 0.6 is 0 Å². The SMILES string of the molecule is CC(C)N1C(=O)c2ccc3c4c(ccc(c24)C1=O)C(=O)N(c1c(N2C(=O)c4ccc5c6c(ccc(c46)C2=O)C(=O)N(C(C)C)C5=O)c(N2C(=O)c4ccc5c6c(ccc(c46)C2=O)C(=O)N(C(C)C)C5=O)c(N2C(=O)c4ccc5c6c(ccc(c46)C2=O)C(=O)N(C(C)C)C5=O)c(N2C(=O)c4ccc5c6c(ccc(c46)C2=O)C(=O)N(C(C)C)C5=O)c1N1C(=O)c2ccc4c5c(ccc(c25)C1=O)C(=O)N(C(C)C)C4=O)C3=O. The van der Waals surface area contributed by atoms with Crippen molar-refractivity contribution in [3.63, 3.8) is 0 Å². The fourth-order valence-electron chi connectivity index (χ4n) is 23.3. The third-order valence-electron chi connectivity index (χ3n) is 29.3. The molecule has 24 amide bonds. The molecule has 0 saturated heterocycles. The molecule has 0 atom stereocenters. The van der Waals surface area contributed by atoms with E-state index in [1.54, 1.807) is 0 Å². The second kappa shape index (κ2) is 28.5. The first-order chi connectivity index (χ1) is 68.6. The zero-order chi connectivity index (χ0) is 101. The molecule has 12 aliphatic heterocycles. The summed E-state index contributed by atoms with van der Waals surface area (Å²) in [5.74, 6) is -32.6. The summed E-state index contributed by atoms with van der Waals surface area (Å²) in [4.78, 5) is 403. The number of hydrogen-bond acceptors (Lipinski definition) is 24. The molecule has 0 unspecified atom stereocenters. The van der Waals surface area contributed by atoms with E-state index in [0.29, 0.717) is 0 Å². The lowest BCUT2D eigenvalue weighted by atomic mass is 9.82. The largest absolute Gasteiger partial charge is 0.272 e. The summed E-state index contributed by atoms with van der Waals surface area (Å²) < 4.78 is 0. The van der Waals surface area contributed by atoms with Crippen LogP contribution in [0.4, 0.5) is 34.1 Å². The average molecular weight is 1920 g/mol. The zero-order valence-corrected chi connectivity index (χ0v) is 77.5. The lowest BCUT2D eigenvalue weighted by molar-refractivity contribution is 0.0547. The predicted octanol–water partition coefficient (Wildman–Crippen LogP) is 13.4. The smallest absolute Gasteiger partial charge is 0.266 e.